The number of hydrogen-bond acceptors (Lipinski definition) is 3. The lowest BCUT2D eigenvalue weighted by atomic mass is 9.58. The summed E-state index contributed by atoms with van der Waals surface area (Å²) in [4.78, 5) is 21.3. The van der Waals surface area contributed by atoms with E-state index in [9.17, 15) is 9.90 Å². The average Bonchev–Trinajstić information content (AvgIpc) is 3.40. The van der Waals surface area contributed by atoms with E-state index in [2.05, 4.69) is 29.8 Å². The lowest BCUT2D eigenvalue weighted by molar-refractivity contribution is 0.0786. The predicted molar refractivity (Wildman–Crippen MR) is 118 cm³/mol. The summed E-state index contributed by atoms with van der Waals surface area (Å²) in [7, 11) is 0. The van der Waals surface area contributed by atoms with E-state index in [0.29, 0.717) is 11.7 Å². The molecule has 1 amide bonds. The van der Waals surface area contributed by atoms with E-state index in [4.69, 9.17) is 0 Å². The smallest absolute Gasteiger partial charge is 0.270 e. The third kappa shape index (κ3) is 3.06. The second-order valence-corrected chi connectivity index (χ2v) is 9.51. The van der Waals surface area contributed by atoms with Gasteiger partial charge in [0.1, 0.15) is 11.4 Å². The number of aromatic hydroxyl groups is 1. The van der Waals surface area contributed by atoms with E-state index < -0.39 is 0 Å². The zero-order valence-electron chi connectivity index (χ0n) is 18.2. The van der Waals surface area contributed by atoms with Gasteiger partial charge in [-0.2, -0.15) is 0 Å². The van der Waals surface area contributed by atoms with Crippen molar-refractivity contribution in [2.24, 2.45) is 5.92 Å². The third-order valence-corrected chi connectivity index (χ3v) is 8.02. The summed E-state index contributed by atoms with van der Waals surface area (Å²) in [6.07, 6.45) is 5.22. The van der Waals surface area contributed by atoms with Crippen molar-refractivity contribution in [3.63, 3.8) is 0 Å². The molecule has 3 aliphatic rings. The topological polar surface area (TPSA) is 59.6 Å². The maximum atomic E-state index is 13.1. The molecule has 2 aliphatic heterocycles. The molecule has 0 unspecified atom stereocenters. The Kier molecular flexibility index (Phi) is 4.89. The highest BCUT2D eigenvalue weighted by Gasteiger charge is 2.48. The van der Waals surface area contributed by atoms with Crippen molar-refractivity contribution in [1.82, 2.24) is 14.8 Å². The Morgan fingerprint density at radius 1 is 1.27 bits per heavy atom. The van der Waals surface area contributed by atoms with E-state index >= 15 is 0 Å². The van der Waals surface area contributed by atoms with Crippen molar-refractivity contribution in [2.75, 3.05) is 32.7 Å². The SMILES string of the molecule is CCN1CC[C@@]2(c3cccc(O)c3)Cc3[nH]c(C(=O)N4CCCC4)c(C)c3C[C@@H]2C1. The molecule has 2 saturated heterocycles. The van der Waals surface area contributed by atoms with Gasteiger partial charge in [0.25, 0.3) is 5.91 Å². The summed E-state index contributed by atoms with van der Waals surface area (Å²) in [6.45, 7) is 9.35. The lowest BCUT2D eigenvalue weighted by Gasteiger charge is -2.51. The summed E-state index contributed by atoms with van der Waals surface area (Å²) in [5.74, 6) is 1.01. The quantitative estimate of drug-likeness (QED) is 0.817. The van der Waals surface area contributed by atoms with Crippen molar-refractivity contribution >= 4 is 5.91 Å². The van der Waals surface area contributed by atoms with Crippen molar-refractivity contribution in [1.29, 1.82) is 0 Å². The molecular weight excluding hydrogens is 374 g/mol. The van der Waals surface area contributed by atoms with Gasteiger partial charge in [-0.1, -0.05) is 19.1 Å². The lowest BCUT2D eigenvalue weighted by Crippen LogP contribution is -2.53. The average molecular weight is 408 g/mol. The number of fused-ring (bicyclic) bond motifs is 2. The maximum absolute atomic E-state index is 13.1. The minimum atomic E-state index is 0.0165. The molecule has 0 spiro atoms. The molecule has 5 rings (SSSR count). The van der Waals surface area contributed by atoms with Gasteiger partial charge >= 0.3 is 0 Å². The largest absolute Gasteiger partial charge is 0.508 e. The van der Waals surface area contributed by atoms with Crippen LogP contribution in [0.25, 0.3) is 0 Å². The van der Waals surface area contributed by atoms with Crippen LogP contribution >= 0.6 is 0 Å². The molecule has 1 aliphatic carbocycles. The number of nitrogens with one attached hydrogen (secondary N) is 1. The third-order valence-electron chi connectivity index (χ3n) is 8.02. The number of phenols is 1. The Labute approximate surface area is 179 Å². The van der Waals surface area contributed by atoms with Gasteiger partial charge in [0.2, 0.25) is 0 Å². The van der Waals surface area contributed by atoms with Gasteiger partial charge in [-0.25, -0.2) is 0 Å². The number of benzene rings is 1. The number of amides is 1. The van der Waals surface area contributed by atoms with Crippen LogP contribution in [0.3, 0.4) is 0 Å². The Hall–Kier alpha value is -2.27. The van der Waals surface area contributed by atoms with Crippen LogP contribution in [0.5, 0.6) is 5.75 Å². The van der Waals surface area contributed by atoms with Crippen LogP contribution in [0, 0.1) is 12.8 Å². The molecule has 0 radical (unpaired) electrons. The van der Waals surface area contributed by atoms with Crippen LogP contribution < -0.4 is 0 Å². The first-order chi connectivity index (χ1) is 14.5. The number of phenolic OH excluding ortho intramolecular Hbond substituents is 1. The number of nitrogens with zero attached hydrogens (tertiary/aromatic N) is 2. The Balaban J connectivity index is 1.55. The first kappa shape index (κ1) is 19.7. The molecule has 5 heteroatoms. The minimum absolute atomic E-state index is 0.0165. The molecule has 0 saturated carbocycles. The molecule has 2 fully saturated rings. The second kappa shape index (κ2) is 7.45. The van der Waals surface area contributed by atoms with E-state index in [1.165, 1.54) is 16.8 Å². The fourth-order valence-corrected chi connectivity index (χ4v) is 6.20. The molecule has 30 heavy (non-hydrogen) atoms. The van der Waals surface area contributed by atoms with E-state index in [1.807, 2.05) is 17.0 Å². The van der Waals surface area contributed by atoms with Gasteiger partial charge in [0.15, 0.2) is 0 Å². The predicted octanol–water partition coefficient (Wildman–Crippen LogP) is 3.64. The van der Waals surface area contributed by atoms with Crippen molar-refractivity contribution in [2.45, 2.75) is 51.4 Å². The van der Waals surface area contributed by atoms with E-state index in [1.54, 1.807) is 6.07 Å². The number of H-pyrrole nitrogens is 1. The van der Waals surface area contributed by atoms with Gasteiger partial charge in [-0.15, -0.1) is 0 Å². The molecule has 3 heterocycles. The van der Waals surface area contributed by atoms with E-state index in [-0.39, 0.29) is 11.3 Å². The van der Waals surface area contributed by atoms with Gasteiger partial charge in [0.05, 0.1) is 0 Å². The highest BCUT2D eigenvalue weighted by atomic mass is 16.3. The van der Waals surface area contributed by atoms with Crippen molar-refractivity contribution in [3.8, 4) is 5.75 Å². The second-order valence-electron chi connectivity index (χ2n) is 9.51. The minimum Gasteiger partial charge on any atom is -0.508 e. The molecule has 2 atom stereocenters. The monoisotopic (exact) mass is 407 g/mol. The van der Waals surface area contributed by atoms with Gasteiger partial charge in [0, 0.05) is 30.7 Å². The first-order valence-electron chi connectivity index (χ1n) is 11.5. The normalized spacial score (nSPS) is 26.5. The van der Waals surface area contributed by atoms with Crippen LogP contribution in [0.1, 0.15) is 59.1 Å². The summed E-state index contributed by atoms with van der Waals surface area (Å²) >= 11 is 0. The molecule has 1 aromatic heterocycles. The van der Waals surface area contributed by atoms with Gasteiger partial charge in [-0.05, 0) is 86.9 Å². The summed E-state index contributed by atoms with van der Waals surface area (Å²) in [6, 6.07) is 7.88. The molecule has 5 nitrogen and oxygen atoms in total. The molecular formula is C25H33N3O2. The highest BCUT2D eigenvalue weighted by Crippen LogP contribution is 2.49. The molecule has 2 aromatic rings. The number of piperidine rings is 1. The van der Waals surface area contributed by atoms with Crippen LogP contribution in [0.2, 0.25) is 0 Å². The molecule has 2 N–H and O–H groups in total. The fraction of sp³-hybridized carbons (Fsp3) is 0.560. The van der Waals surface area contributed by atoms with Crippen molar-refractivity contribution in [3.05, 3.63) is 52.3 Å². The first-order valence-corrected chi connectivity index (χ1v) is 11.5. The zero-order chi connectivity index (χ0) is 20.9. The summed E-state index contributed by atoms with van der Waals surface area (Å²) < 4.78 is 0. The highest BCUT2D eigenvalue weighted by molar-refractivity contribution is 5.94. The number of hydrogen-bond donors (Lipinski definition) is 2. The standard InChI is InChI=1S/C25H33N3O2/c1-3-27-12-9-25(18-7-6-8-20(29)13-18)15-22-21(14-19(25)16-27)17(2)23(26-22)24(30)28-10-4-5-11-28/h6-8,13,19,26,29H,3-5,9-12,14-16H2,1-2H3/t19-,25+/m1/s1. The van der Waals surface area contributed by atoms with Gasteiger partial charge < -0.3 is 19.9 Å². The number of carbonyl (C=O) groups is 1. The van der Waals surface area contributed by atoms with Crippen LogP contribution in [0.4, 0.5) is 0 Å². The maximum Gasteiger partial charge on any atom is 0.270 e. The summed E-state index contributed by atoms with van der Waals surface area (Å²) in [5, 5.41) is 10.2. The molecule has 1 aromatic carbocycles. The molecule has 0 bridgehead atoms. The van der Waals surface area contributed by atoms with Gasteiger partial charge in [-0.3, -0.25) is 4.79 Å². The zero-order valence-corrected chi connectivity index (χ0v) is 18.2. The van der Waals surface area contributed by atoms with Crippen molar-refractivity contribution < 1.29 is 9.90 Å². The number of carbonyl (C=O) groups excluding carboxylic acids is 1. The van der Waals surface area contributed by atoms with E-state index in [0.717, 1.165) is 76.1 Å². The summed E-state index contributed by atoms with van der Waals surface area (Å²) in [5.41, 5.74) is 5.81. The number of aromatic nitrogens is 1. The van der Waals surface area contributed by atoms with Crippen LogP contribution in [-0.2, 0) is 18.3 Å². The number of likely N-dealkylation sites (tertiary alicyclic amines) is 2. The number of aromatic amines is 1. The Morgan fingerprint density at radius 3 is 2.80 bits per heavy atom. The fourth-order valence-electron chi connectivity index (χ4n) is 6.20. The van der Waals surface area contributed by atoms with Crippen LogP contribution in [0.15, 0.2) is 24.3 Å². The number of rotatable bonds is 3. The Morgan fingerprint density at radius 2 is 2.07 bits per heavy atom. The van der Waals surface area contributed by atoms with Crippen LogP contribution in [-0.4, -0.2) is 58.5 Å². The Bertz CT molecular complexity index is 959. The molecule has 160 valence electrons.